The fourth-order valence-corrected chi connectivity index (χ4v) is 2.17. The molecule has 0 aromatic carbocycles. The van der Waals surface area contributed by atoms with Gasteiger partial charge in [-0.3, -0.25) is 0 Å². The van der Waals surface area contributed by atoms with E-state index in [2.05, 4.69) is 24.5 Å². The van der Waals surface area contributed by atoms with Crippen LogP contribution in [0.3, 0.4) is 0 Å². The lowest BCUT2D eigenvalue weighted by Crippen LogP contribution is -2.45. The molecule has 0 spiro atoms. The Morgan fingerprint density at radius 3 is 2.33 bits per heavy atom. The van der Waals surface area contributed by atoms with Crippen molar-refractivity contribution in [3.63, 3.8) is 0 Å². The second-order valence-electron chi connectivity index (χ2n) is 4.77. The predicted molar refractivity (Wildman–Crippen MR) is 64.0 cm³/mol. The number of piperidine rings is 1. The average molecular weight is 214 g/mol. The topological polar surface area (TPSA) is 44.3 Å². The number of hydrogen-bond acceptors (Lipinski definition) is 3. The van der Waals surface area contributed by atoms with Gasteiger partial charge in [0.1, 0.15) is 0 Å². The first-order valence-corrected chi connectivity index (χ1v) is 6.31. The fourth-order valence-electron chi connectivity index (χ4n) is 2.17. The Hall–Kier alpha value is -0.120. The first-order chi connectivity index (χ1) is 7.26. The van der Waals surface area contributed by atoms with Crippen LogP contribution in [0.15, 0.2) is 0 Å². The van der Waals surface area contributed by atoms with Crippen LogP contribution in [0, 0.1) is 5.41 Å². The zero-order chi connectivity index (χ0) is 11.1. The van der Waals surface area contributed by atoms with Crippen molar-refractivity contribution in [2.75, 3.05) is 26.2 Å². The smallest absolute Gasteiger partial charge is 0.0499 e. The van der Waals surface area contributed by atoms with Gasteiger partial charge in [-0.05, 0) is 38.8 Å². The first-order valence-electron chi connectivity index (χ1n) is 6.31. The summed E-state index contributed by atoms with van der Waals surface area (Å²) in [4.78, 5) is 0. The number of rotatable bonds is 6. The van der Waals surface area contributed by atoms with Gasteiger partial charge in [0.05, 0.1) is 0 Å². The van der Waals surface area contributed by atoms with Gasteiger partial charge in [-0.15, -0.1) is 0 Å². The van der Waals surface area contributed by atoms with Crippen LogP contribution in [0.4, 0.5) is 0 Å². The molecule has 90 valence electrons. The highest BCUT2D eigenvalue weighted by atomic mass is 16.3. The summed E-state index contributed by atoms with van der Waals surface area (Å²) >= 11 is 0. The predicted octanol–water partition coefficient (Wildman–Crippen LogP) is 1.13. The van der Waals surface area contributed by atoms with Crippen molar-refractivity contribution < 1.29 is 5.11 Å². The van der Waals surface area contributed by atoms with Crippen LogP contribution in [0.1, 0.15) is 39.5 Å². The van der Waals surface area contributed by atoms with Gasteiger partial charge in [-0.1, -0.05) is 13.8 Å². The van der Waals surface area contributed by atoms with E-state index in [4.69, 9.17) is 0 Å². The average Bonchev–Trinajstić information content (AvgIpc) is 2.33. The molecule has 1 heterocycles. The molecule has 0 amide bonds. The molecule has 0 aromatic heterocycles. The summed E-state index contributed by atoms with van der Waals surface area (Å²) in [5, 5.41) is 16.4. The molecule has 0 unspecified atom stereocenters. The maximum absolute atomic E-state index is 9.45. The van der Waals surface area contributed by atoms with E-state index >= 15 is 0 Å². The van der Waals surface area contributed by atoms with E-state index in [9.17, 15) is 5.11 Å². The van der Waals surface area contributed by atoms with Crippen molar-refractivity contribution in [2.45, 2.75) is 45.6 Å². The summed E-state index contributed by atoms with van der Waals surface area (Å²) < 4.78 is 0. The minimum absolute atomic E-state index is 0.102. The fraction of sp³-hybridized carbons (Fsp3) is 1.00. The highest BCUT2D eigenvalue weighted by Crippen LogP contribution is 2.24. The molecule has 1 aliphatic rings. The van der Waals surface area contributed by atoms with E-state index in [1.807, 2.05) is 0 Å². The van der Waals surface area contributed by atoms with Gasteiger partial charge in [0, 0.05) is 24.6 Å². The van der Waals surface area contributed by atoms with Crippen molar-refractivity contribution in [3.8, 4) is 0 Å². The molecule has 0 saturated carbocycles. The third-order valence-electron chi connectivity index (χ3n) is 3.94. The largest absolute Gasteiger partial charge is 0.396 e. The van der Waals surface area contributed by atoms with Crippen molar-refractivity contribution in [1.29, 1.82) is 0 Å². The van der Waals surface area contributed by atoms with Crippen LogP contribution in [-0.2, 0) is 0 Å². The molecule has 0 radical (unpaired) electrons. The van der Waals surface area contributed by atoms with E-state index in [0.29, 0.717) is 12.6 Å². The van der Waals surface area contributed by atoms with E-state index < -0.39 is 0 Å². The molecule has 3 nitrogen and oxygen atoms in total. The van der Waals surface area contributed by atoms with Gasteiger partial charge in [-0.25, -0.2) is 0 Å². The number of nitrogens with one attached hydrogen (secondary N) is 2. The summed E-state index contributed by atoms with van der Waals surface area (Å²) in [6.07, 6.45) is 4.54. The molecule has 3 N–H and O–H groups in total. The molecule has 1 rings (SSSR count). The number of aliphatic hydroxyl groups is 1. The van der Waals surface area contributed by atoms with Crippen LogP contribution in [-0.4, -0.2) is 37.4 Å². The summed E-state index contributed by atoms with van der Waals surface area (Å²) in [6, 6.07) is 0.648. The SMILES string of the molecule is CCC(CC)(CO)CNC1CCNCC1. The summed E-state index contributed by atoms with van der Waals surface area (Å²) in [5.41, 5.74) is 0.102. The highest BCUT2D eigenvalue weighted by molar-refractivity contribution is 4.82. The Kier molecular flexibility index (Phi) is 5.58. The molecule has 1 aliphatic heterocycles. The van der Waals surface area contributed by atoms with Crippen LogP contribution >= 0.6 is 0 Å². The molecule has 3 heteroatoms. The normalized spacial score (nSPS) is 19.4. The van der Waals surface area contributed by atoms with Crippen LogP contribution in [0.25, 0.3) is 0 Å². The van der Waals surface area contributed by atoms with E-state index in [1.165, 1.54) is 12.8 Å². The quantitative estimate of drug-likeness (QED) is 0.621. The highest BCUT2D eigenvalue weighted by Gasteiger charge is 2.26. The van der Waals surface area contributed by atoms with Crippen LogP contribution in [0.5, 0.6) is 0 Å². The second-order valence-corrected chi connectivity index (χ2v) is 4.77. The number of aliphatic hydroxyl groups excluding tert-OH is 1. The maximum atomic E-state index is 9.45. The molecule has 1 saturated heterocycles. The van der Waals surface area contributed by atoms with E-state index in [-0.39, 0.29) is 5.41 Å². The zero-order valence-corrected chi connectivity index (χ0v) is 10.2. The van der Waals surface area contributed by atoms with Gasteiger partial charge >= 0.3 is 0 Å². The number of hydrogen-bond donors (Lipinski definition) is 3. The zero-order valence-electron chi connectivity index (χ0n) is 10.2. The first kappa shape index (κ1) is 12.9. The van der Waals surface area contributed by atoms with Gasteiger partial charge < -0.3 is 15.7 Å². The molecule has 0 bridgehead atoms. The van der Waals surface area contributed by atoms with Gasteiger partial charge in [-0.2, -0.15) is 0 Å². The summed E-state index contributed by atoms with van der Waals surface area (Å²) in [7, 11) is 0. The lowest BCUT2D eigenvalue weighted by molar-refractivity contribution is 0.108. The van der Waals surface area contributed by atoms with E-state index in [0.717, 1.165) is 32.5 Å². The van der Waals surface area contributed by atoms with Crippen molar-refractivity contribution in [3.05, 3.63) is 0 Å². The Morgan fingerprint density at radius 1 is 1.27 bits per heavy atom. The second kappa shape index (κ2) is 6.46. The Bertz CT molecular complexity index is 155. The standard InChI is InChI=1S/C12H26N2O/c1-3-12(4-2,10-15)9-14-11-5-7-13-8-6-11/h11,13-15H,3-10H2,1-2H3. The minimum Gasteiger partial charge on any atom is -0.396 e. The van der Waals surface area contributed by atoms with Crippen molar-refractivity contribution in [2.24, 2.45) is 5.41 Å². The maximum Gasteiger partial charge on any atom is 0.0499 e. The minimum atomic E-state index is 0.102. The van der Waals surface area contributed by atoms with E-state index in [1.54, 1.807) is 0 Å². The van der Waals surface area contributed by atoms with Crippen LogP contribution in [0.2, 0.25) is 0 Å². The molecule has 15 heavy (non-hydrogen) atoms. The molecule has 0 aliphatic carbocycles. The lowest BCUT2D eigenvalue weighted by atomic mass is 9.83. The monoisotopic (exact) mass is 214 g/mol. The molecule has 1 fully saturated rings. The Labute approximate surface area is 93.6 Å². The van der Waals surface area contributed by atoms with Gasteiger partial charge in [0.25, 0.3) is 0 Å². The Balaban J connectivity index is 2.31. The molecular weight excluding hydrogens is 188 g/mol. The molecule has 0 atom stereocenters. The lowest BCUT2D eigenvalue weighted by Gasteiger charge is -2.33. The van der Waals surface area contributed by atoms with Crippen molar-refractivity contribution >= 4 is 0 Å². The summed E-state index contributed by atoms with van der Waals surface area (Å²) in [5.74, 6) is 0. The van der Waals surface area contributed by atoms with Gasteiger partial charge in [0.2, 0.25) is 0 Å². The Morgan fingerprint density at radius 2 is 1.87 bits per heavy atom. The third kappa shape index (κ3) is 3.74. The van der Waals surface area contributed by atoms with Gasteiger partial charge in [0.15, 0.2) is 0 Å². The molecule has 0 aromatic rings. The van der Waals surface area contributed by atoms with Crippen LogP contribution < -0.4 is 10.6 Å². The summed E-state index contributed by atoms with van der Waals surface area (Å²) in [6.45, 7) is 7.86. The van der Waals surface area contributed by atoms with Crippen molar-refractivity contribution in [1.82, 2.24) is 10.6 Å². The third-order valence-corrected chi connectivity index (χ3v) is 3.94. The molecular formula is C12H26N2O.